The Morgan fingerprint density at radius 3 is 2.13 bits per heavy atom. The Labute approximate surface area is 226 Å². The third-order valence-electron chi connectivity index (χ3n) is 7.32. The van der Waals surface area contributed by atoms with Crippen LogP contribution in [-0.4, -0.2) is 67.5 Å². The number of amides is 2. The van der Waals surface area contributed by atoms with Crippen molar-refractivity contribution in [3.63, 3.8) is 0 Å². The van der Waals surface area contributed by atoms with Gasteiger partial charge in [0, 0.05) is 31.2 Å². The fourth-order valence-electron chi connectivity index (χ4n) is 5.30. The zero-order valence-electron chi connectivity index (χ0n) is 21.7. The van der Waals surface area contributed by atoms with Gasteiger partial charge in [-0.1, -0.05) is 60.7 Å². The standard InChI is InChI=1S/C30H32N4O5/c1-20(35)19-31-27(36)21-12-13-25-26(18-21)34(24-14-16-33(17-15-24)29(37)38)28(32-25)30(39,22-8-4-2-5-9-22)23-10-6-3-7-11-23/h2-13,18,20,24,35,39H,14-17,19H2,1H3,(H,31,36)(H,37,38)/t20-/m1/s1. The van der Waals surface area contributed by atoms with E-state index >= 15 is 0 Å². The van der Waals surface area contributed by atoms with Gasteiger partial charge >= 0.3 is 6.09 Å². The van der Waals surface area contributed by atoms with Crippen molar-refractivity contribution in [3.8, 4) is 0 Å². The number of imidazole rings is 1. The third-order valence-corrected chi connectivity index (χ3v) is 7.32. The molecule has 0 spiro atoms. The first-order valence-corrected chi connectivity index (χ1v) is 13.1. The minimum Gasteiger partial charge on any atom is -0.465 e. The van der Waals surface area contributed by atoms with Gasteiger partial charge in [-0.05, 0) is 49.1 Å². The molecule has 9 nitrogen and oxygen atoms in total. The average Bonchev–Trinajstić information content (AvgIpc) is 3.35. The Morgan fingerprint density at radius 1 is 1.00 bits per heavy atom. The normalized spacial score (nSPS) is 15.3. The van der Waals surface area contributed by atoms with Crippen LogP contribution >= 0.6 is 0 Å². The zero-order chi connectivity index (χ0) is 27.6. The molecule has 0 unspecified atom stereocenters. The Kier molecular flexibility index (Phi) is 7.36. The lowest BCUT2D eigenvalue weighted by Gasteiger charge is -2.35. The van der Waals surface area contributed by atoms with Crippen LogP contribution in [0, 0.1) is 0 Å². The summed E-state index contributed by atoms with van der Waals surface area (Å²) in [4.78, 5) is 30.8. The van der Waals surface area contributed by atoms with Gasteiger partial charge in [0.25, 0.3) is 5.91 Å². The number of rotatable bonds is 7. The number of aromatic nitrogens is 2. The summed E-state index contributed by atoms with van der Waals surface area (Å²) in [6.45, 7) is 2.42. The van der Waals surface area contributed by atoms with Crippen molar-refractivity contribution in [2.75, 3.05) is 19.6 Å². The molecule has 1 fully saturated rings. The smallest absolute Gasteiger partial charge is 0.407 e. The molecule has 39 heavy (non-hydrogen) atoms. The number of hydrogen-bond donors (Lipinski definition) is 4. The van der Waals surface area contributed by atoms with Crippen molar-refractivity contribution < 1.29 is 24.9 Å². The van der Waals surface area contributed by atoms with Crippen molar-refractivity contribution in [3.05, 3.63) is 101 Å². The van der Waals surface area contributed by atoms with Crippen LogP contribution < -0.4 is 5.32 Å². The molecule has 1 aliphatic rings. The summed E-state index contributed by atoms with van der Waals surface area (Å²) >= 11 is 0. The number of fused-ring (bicyclic) bond motifs is 1. The predicted molar refractivity (Wildman–Crippen MR) is 147 cm³/mol. The lowest BCUT2D eigenvalue weighted by molar-refractivity contribution is 0.0923. The molecule has 4 aromatic rings. The molecule has 2 heterocycles. The van der Waals surface area contributed by atoms with Crippen LogP contribution in [0.25, 0.3) is 11.0 Å². The second kappa shape index (κ2) is 10.9. The maximum atomic E-state index is 12.9. The zero-order valence-corrected chi connectivity index (χ0v) is 21.7. The molecule has 1 atom stereocenters. The molecular weight excluding hydrogens is 496 g/mol. The Hall–Kier alpha value is -4.21. The van der Waals surface area contributed by atoms with Gasteiger partial charge in [-0.3, -0.25) is 4.79 Å². The van der Waals surface area contributed by atoms with Gasteiger partial charge in [-0.25, -0.2) is 9.78 Å². The Balaban J connectivity index is 1.70. The van der Waals surface area contributed by atoms with E-state index in [0.717, 1.165) is 0 Å². The molecule has 1 saturated heterocycles. The highest BCUT2D eigenvalue weighted by molar-refractivity contribution is 5.97. The number of benzene rings is 3. The summed E-state index contributed by atoms with van der Waals surface area (Å²) < 4.78 is 1.99. The highest BCUT2D eigenvalue weighted by Crippen LogP contribution is 2.40. The maximum Gasteiger partial charge on any atom is 0.407 e. The summed E-state index contributed by atoms with van der Waals surface area (Å²) in [5.74, 6) is 0.0828. The maximum absolute atomic E-state index is 12.9. The van der Waals surface area contributed by atoms with Crippen LogP contribution in [0.1, 0.15) is 53.1 Å². The minimum atomic E-state index is -1.61. The van der Waals surface area contributed by atoms with Crippen LogP contribution in [0.3, 0.4) is 0 Å². The SMILES string of the molecule is C[C@@H](O)CNC(=O)c1ccc2nc(C(O)(c3ccccc3)c3ccccc3)n(C3CCN(C(=O)O)CC3)c2c1. The molecule has 1 aliphatic heterocycles. The first-order chi connectivity index (χ1) is 18.8. The molecule has 1 aromatic heterocycles. The highest BCUT2D eigenvalue weighted by atomic mass is 16.4. The second-order valence-corrected chi connectivity index (χ2v) is 10.0. The number of nitrogens with zero attached hydrogens (tertiary/aromatic N) is 3. The summed E-state index contributed by atoms with van der Waals surface area (Å²) in [7, 11) is 0. The molecular formula is C30H32N4O5. The molecule has 3 aromatic carbocycles. The van der Waals surface area contributed by atoms with Gasteiger partial charge in [0.05, 0.1) is 17.1 Å². The van der Waals surface area contributed by atoms with Crippen LogP contribution in [-0.2, 0) is 5.60 Å². The van der Waals surface area contributed by atoms with Crippen molar-refractivity contribution in [2.45, 2.75) is 37.5 Å². The lowest BCUT2D eigenvalue weighted by atomic mass is 9.85. The van der Waals surface area contributed by atoms with E-state index in [-0.39, 0.29) is 18.5 Å². The predicted octanol–water partition coefficient (Wildman–Crippen LogP) is 3.75. The van der Waals surface area contributed by atoms with Crippen LogP contribution in [0.2, 0.25) is 0 Å². The van der Waals surface area contributed by atoms with E-state index in [4.69, 9.17) is 4.98 Å². The highest BCUT2D eigenvalue weighted by Gasteiger charge is 2.41. The van der Waals surface area contributed by atoms with E-state index in [2.05, 4.69) is 5.32 Å². The number of carbonyl (C=O) groups excluding carboxylic acids is 1. The van der Waals surface area contributed by atoms with Gasteiger partial charge in [-0.15, -0.1) is 0 Å². The summed E-state index contributed by atoms with van der Waals surface area (Å²) in [5, 5.41) is 34.4. The molecule has 5 rings (SSSR count). The van der Waals surface area contributed by atoms with Crippen LogP contribution in [0.15, 0.2) is 78.9 Å². The number of hydrogen-bond acceptors (Lipinski definition) is 5. The topological polar surface area (TPSA) is 128 Å². The van der Waals surface area contributed by atoms with E-state index in [1.54, 1.807) is 25.1 Å². The van der Waals surface area contributed by atoms with Crippen LogP contribution in [0.5, 0.6) is 0 Å². The fraction of sp³-hybridized carbons (Fsp3) is 0.300. The van der Waals surface area contributed by atoms with E-state index in [9.17, 15) is 24.9 Å². The van der Waals surface area contributed by atoms with Crippen molar-refractivity contribution in [1.29, 1.82) is 0 Å². The monoisotopic (exact) mass is 528 g/mol. The molecule has 0 bridgehead atoms. The van der Waals surface area contributed by atoms with Gasteiger partial charge < -0.3 is 30.1 Å². The van der Waals surface area contributed by atoms with E-state index < -0.39 is 17.8 Å². The number of piperidine rings is 1. The van der Waals surface area contributed by atoms with Gasteiger partial charge in [0.1, 0.15) is 0 Å². The number of carbonyl (C=O) groups is 2. The molecule has 9 heteroatoms. The van der Waals surface area contributed by atoms with E-state index in [1.807, 2.05) is 65.2 Å². The van der Waals surface area contributed by atoms with Crippen molar-refractivity contribution >= 4 is 23.0 Å². The van der Waals surface area contributed by atoms with Crippen molar-refractivity contribution in [2.24, 2.45) is 0 Å². The van der Waals surface area contributed by atoms with Gasteiger partial charge in [0.2, 0.25) is 0 Å². The fourth-order valence-corrected chi connectivity index (χ4v) is 5.30. The number of nitrogens with one attached hydrogen (secondary N) is 1. The summed E-state index contributed by atoms with van der Waals surface area (Å²) in [6, 6.07) is 23.7. The third kappa shape index (κ3) is 5.10. The molecule has 0 saturated carbocycles. The molecule has 202 valence electrons. The van der Waals surface area contributed by atoms with Gasteiger partial charge in [-0.2, -0.15) is 0 Å². The second-order valence-electron chi connectivity index (χ2n) is 10.0. The summed E-state index contributed by atoms with van der Waals surface area (Å²) in [6.07, 6.45) is -0.571. The number of carboxylic acid groups (broad SMARTS) is 1. The summed E-state index contributed by atoms with van der Waals surface area (Å²) in [5.41, 5.74) is 1.37. The average molecular weight is 529 g/mol. The Bertz CT molecular complexity index is 1420. The molecule has 4 N–H and O–H groups in total. The molecule has 0 aliphatic carbocycles. The minimum absolute atomic E-state index is 0.122. The van der Waals surface area contributed by atoms with Crippen molar-refractivity contribution in [1.82, 2.24) is 19.8 Å². The quantitative estimate of drug-likeness (QED) is 0.289. The van der Waals surface area contributed by atoms with E-state index in [0.29, 0.717) is 59.5 Å². The van der Waals surface area contributed by atoms with E-state index in [1.165, 1.54) is 4.90 Å². The number of likely N-dealkylation sites (tertiary alicyclic amines) is 1. The largest absolute Gasteiger partial charge is 0.465 e. The first kappa shape index (κ1) is 26.4. The Morgan fingerprint density at radius 2 is 1.59 bits per heavy atom. The number of aliphatic hydroxyl groups is 2. The number of aliphatic hydroxyl groups excluding tert-OH is 1. The van der Waals surface area contributed by atoms with Crippen LogP contribution in [0.4, 0.5) is 4.79 Å². The first-order valence-electron chi connectivity index (χ1n) is 13.1. The molecule has 2 amide bonds. The van der Waals surface area contributed by atoms with Gasteiger partial charge in [0.15, 0.2) is 11.4 Å². The lowest BCUT2D eigenvalue weighted by Crippen LogP contribution is -2.40. The molecule has 0 radical (unpaired) electrons.